The van der Waals surface area contributed by atoms with Gasteiger partial charge in [-0.25, -0.2) is 0 Å². The van der Waals surface area contributed by atoms with Crippen molar-refractivity contribution in [1.82, 2.24) is 9.97 Å². The Balaban J connectivity index is 1.54. The molecule has 5 aromatic carbocycles. The third-order valence-corrected chi connectivity index (χ3v) is 8.75. The van der Waals surface area contributed by atoms with Crippen LogP contribution in [0.2, 0.25) is 0 Å². The smallest absolute Gasteiger partial charge is 0.221 e. The van der Waals surface area contributed by atoms with E-state index in [2.05, 4.69) is 132 Å². The van der Waals surface area contributed by atoms with Crippen LogP contribution < -0.4 is 5.32 Å². The number of aromatic nitrogens is 2. The molecule has 216 valence electrons. The first-order chi connectivity index (χ1) is 21.5. The van der Waals surface area contributed by atoms with E-state index in [1.807, 2.05) is 18.2 Å². The van der Waals surface area contributed by atoms with Gasteiger partial charge in [-0.1, -0.05) is 103 Å². The SMILES string of the molecule is CC(=O)Nc1ccccc1Cc1[nH]c2ccccc2c1-c1c(C(c2ccccc2C)c2ccccc2C)[nH]c2ccccc12. The van der Waals surface area contributed by atoms with Crippen molar-refractivity contribution in [2.24, 2.45) is 0 Å². The number of para-hydroxylation sites is 3. The molecule has 3 N–H and O–H groups in total. The van der Waals surface area contributed by atoms with Crippen molar-refractivity contribution in [3.8, 4) is 11.1 Å². The molecule has 4 nitrogen and oxygen atoms in total. The third kappa shape index (κ3) is 4.88. The summed E-state index contributed by atoms with van der Waals surface area (Å²) in [4.78, 5) is 19.8. The lowest BCUT2D eigenvalue weighted by Crippen LogP contribution is -2.09. The Kier molecular flexibility index (Phi) is 7.11. The number of anilines is 1. The molecule has 7 rings (SSSR count). The van der Waals surface area contributed by atoms with Crippen LogP contribution in [0, 0.1) is 13.8 Å². The summed E-state index contributed by atoms with van der Waals surface area (Å²) in [7, 11) is 0. The molecule has 0 atom stereocenters. The van der Waals surface area contributed by atoms with Gasteiger partial charge in [0.2, 0.25) is 5.91 Å². The summed E-state index contributed by atoms with van der Waals surface area (Å²) in [6, 6.07) is 42.7. The van der Waals surface area contributed by atoms with E-state index < -0.39 is 0 Å². The number of aromatic amines is 2. The van der Waals surface area contributed by atoms with Crippen LogP contribution in [0.4, 0.5) is 5.69 Å². The molecule has 0 aliphatic carbocycles. The summed E-state index contributed by atoms with van der Waals surface area (Å²) < 4.78 is 0. The predicted octanol–water partition coefficient (Wildman–Crippen LogP) is 9.66. The molecule has 7 aromatic rings. The first-order valence-corrected chi connectivity index (χ1v) is 15.2. The van der Waals surface area contributed by atoms with Gasteiger partial charge in [-0.15, -0.1) is 0 Å². The largest absolute Gasteiger partial charge is 0.358 e. The standard InChI is InChI=1S/C40H35N3O/c1-25-14-4-7-17-29(25)37(30-18-8-5-15-26(30)2)40-39(32-20-10-13-23-35(32)43-40)38-31-19-9-12-22-34(31)42-36(38)24-28-16-6-11-21-33(28)41-27(3)44/h4-23,37,42-43H,24H2,1-3H3,(H,41,44). The van der Waals surface area contributed by atoms with Crippen LogP contribution in [0.25, 0.3) is 32.9 Å². The first-order valence-electron chi connectivity index (χ1n) is 15.2. The Morgan fingerprint density at radius 1 is 0.636 bits per heavy atom. The van der Waals surface area contributed by atoms with Crippen molar-refractivity contribution < 1.29 is 4.79 Å². The number of fused-ring (bicyclic) bond motifs is 2. The van der Waals surface area contributed by atoms with Crippen LogP contribution in [0.1, 0.15) is 52.0 Å². The van der Waals surface area contributed by atoms with E-state index in [1.165, 1.54) is 49.8 Å². The number of H-pyrrole nitrogens is 2. The summed E-state index contributed by atoms with van der Waals surface area (Å²) in [6.45, 7) is 5.97. The molecule has 44 heavy (non-hydrogen) atoms. The second kappa shape index (κ2) is 11.4. The lowest BCUT2D eigenvalue weighted by molar-refractivity contribution is -0.114. The van der Waals surface area contributed by atoms with Gasteiger partial charge >= 0.3 is 0 Å². The van der Waals surface area contributed by atoms with Crippen molar-refractivity contribution in [3.63, 3.8) is 0 Å². The Labute approximate surface area is 257 Å². The zero-order chi connectivity index (χ0) is 30.2. The minimum absolute atomic E-state index is 0.00650. The summed E-state index contributed by atoms with van der Waals surface area (Å²) in [6.07, 6.45) is 0.638. The van der Waals surface area contributed by atoms with Crippen molar-refractivity contribution in [1.29, 1.82) is 0 Å². The molecule has 0 unspecified atom stereocenters. The average Bonchev–Trinajstić information content (AvgIpc) is 3.57. The molecular formula is C40H35N3O. The predicted molar refractivity (Wildman–Crippen MR) is 182 cm³/mol. The molecule has 0 fully saturated rings. The van der Waals surface area contributed by atoms with E-state index in [-0.39, 0.29) is 11.8 Å². The Morgan fingerprint density at radius 2 is 1.16 bits per heavy atom. The van der Waals surface area contributed by atoms with Gasteiger partial charge in [-0.05, 0) is 59.9 Å². The second-order valence-corrected chi connectivity index (χ2v) is 11.6. The molecule has 2 aromatic heterocycles. The van der Waals surface area contributed by atoms with Crippen molar-refractivity contribution >= 4 is 33.4 Å². The number of carbonyl (C=O) groups excluding carboxylic acids is 1. The van der Waals surface area contributed by atoms with Crippen molar-refractivity contribution in [2.45, 2.75) is 33.1 Å². The molecule has 0 aliphatic rings. The number of aryl methyl sites for hydroxylation is 2. The number of hydrogen-bond acceptors (Lipinski definition) is 1. The molecule has 2 heterocycles. The molecular weight excluding hydrogens is 538 g/mol. The van der Waals surface area contributed by atoms with Gasteiger partial charge in [0.05, 0.1) is 5.92 Å². The summed E-state index contributed by atoms with van der Waals surface area (Å²) >= 11 is 0. The van der Waals surface area contributed by atoms with Gasteiger partial charge in [0.25, 0.3) is 0 Å². The first kappa shape index (κ1) is 27.5. The van der Waals surface area contributed by atoms with Gasteiger partial charge in [-0.3, -0.25) is 4.79 Å². The number of rotatable bonds is 7. The maximum absolute atomic E-state index is 12.1. The van der Waals surface area contributed by atoms with E-state index in [0.29, 0.717) is 6.42 Å². The Bertz CT molecular complexity index is 2100. The Morgan fingerprint density at radius 3 is 1.80 bits per heavy atom. The summed E-state index contributed by atoms with van der Waals surface area (Å²) in [5.74, 6) is -0.0829. The molecule has 0 saturated carbocycles. The summed E-state index contributed by atoms with van der Waals surface area (Å²) in [5, 5.41) is 5.41. The van der Waals surface area contributed by atoms with Gasteiger partial charge in [-0.2, -0.15) is 0 Å². The quantitative estimate of drug-likeness (QED) is 0.175. The van der Waals surface area contributed by atoms with E-state index in [4.69, 9.17) is 0 Å². The number of hydrogen-bond donors (Lipinski definition) is 3. The third-order valence-electron chi connectivity index (χ3n) is 8.75. The second-order valence-electron chi connectivity index (χ2n) is 11.6. The van der Waals surface area contributed by atoms with E-state index in [0.717, 1.165) is 28.0 Å². The zero-order valence-electron chi connectivity index (χ0n) is 25.2. The van der Waals surface area contributed by atoms with Gasteiger partial charge in [0, 0.05) is 63.4 Å². The highest BCUT2D eigenvalue weighted by Crippen LogP contribution is 2.46. The van der Waals surface area contributed by atoms with E-state index in [9.17, 15) is 4.79 Å². The van der Waals surface area contributed by atoms with Crippen LogP contribution in [-0.2, 0) is 11.2 Å². The number of benzene rings is 5. The fourth-order valence-corrected chi connectivity index (χ4v) is 6.74. The fourth-order valence-electron chi connectivity index (χ4n) is 6.74. The molecule has 0 bridgehead atoms. The van der Waals surface area contributed by atoms with Crippen LogP contribution in [-0.4, -0.2) is 15.9 Å². The van der Waals surface area contributed by atoms with E-state index in [1.54, 1.807) is 6.92 Å². The number of nitrogens with one attached hydrogen (secondary N) is 3. The van der Waals surface area contributed by atoms with E-state index >= 15 is 0 Å². The molecule has 0 aliphatic heterocycles. The van der Waals surface area contributed by atoms with Gasteiger partial charge < -0.3 is 15.3 Å². The van der Waals surface area contributed by atoms with Crippen LogP contribution >= 0.6 is 0 Å². The molecule has 1 amide bonds. The molecule has 0 spiro atoms. The van der Waals surface area contributed by atoms with Crippen LogP contribution in [0.15, 0.2) is 121 Å². The highest BCUT2D eigenvalue weighted by Gasteiger charge is 2.29. The van der Waals surface area contributed by atoms with Crippen molar-refractivity contribution in [3.05, 3.63) is 161 Å². The maximum Gasteiger partial charge on any atom is 0.221 e. The Hall–Kier alpha value is -5.35. The lowest BCUT2D eigenvalue weighted by Gasteiger charge is -2.23. The number of amides is 1. The summed E-state index contributed by atoms with van der Waals surface area (Å²) in [5.41, 5.74) is 13.9. The van der Waals surface area contributed by atoms with Gasteiger partial charge in [0.1, 0.15) is 0 Å². The minimum atomic E-state index is -0.0764. The minimum Gasteiger partial charge on any atom is -0.358 e. The number of carbonyl (C=O) groups is 1. The molecule has 0 saturated heterocycles. The normalized spacial score (nSPS) is 11.5. The van der Waals surface area contributed by atoms with Crippen LogP contribution in [0.5, 0.6) is 0 Å². The topological polar surface area (TPSA) is 60.7 Å². The molecule has 0 radical (unpaired) electrons. The average molecular weight is 574 g/mol. The highest BCUT2D eigenvalue weighted by molar-refractivity contribution is 6.08. The van der Waals surface area contributed by atoms with Crippen LogP contribution in [0.3, 0.4) is 0 Å². The van der Waals surface area contributed by atoms with Crippen molar-refractivity contribution in [2.75, 3.05) is 5.32 Å². The lowest BCUT2D eigenvalue weighted by atomic mass is 9.81. The maximum atomic E-state index is 12.1. The fraction of sp³-hybridized carbons (Fsp3) is 0.125. The monoisotopic (exact) mass is 573 g/mol. The molecule has 4 heteroatoms. The highest BCUT2D eigenvalue weighted by atomic mass is 16.1. The van der Waals surface area contributed by atoms with Gasteiger partial charge in [0.15, 0.2) is 0 Å². The zero-order valence-corrected chi connectivity index (χ0v) is 25.2.